The zero-order valence-electron chi connectivity index (χ0n) is 16.2. The van der Waals surface area contributed by atoms with Gasteiger partial charge < -0.3 is 15.4 Å². The van der Waals surface area contributed by atoms with Crippen LogP contribution in [0.1, 0.15) is 34.6 Å². The molecule has 0 saturated carbocycles. The van der Waals surface area contributed by atoms with Gasteiger partial charge in [-0.2, -0.15) is 0 Å². The molecule has 2 atom stereocenters. The van der Waals surface area contributed by atoms with Gasteiger partial charge in [-0.05, 0) is 51.0 Å². The summed E-state index contributed by atoms with van der Waals surface area (Å²) in [6.45, 7) is 8.54. The minimum atomic E-state index is -3.59. The lowest BCUT2D eigenvalue weighted by atomic mass is 10.0. The van der Waals surface area contributed by atoms with E-state index in [2.05, 4.69) is 10.6 Å². The molecule has 0 bridgehead atoms. The molecule has 0 saturated heterocycles. The Morgan fingerprint density at radius 3 is 2.07 bits per heavy atom. The standard InChI is InChI=1S/C18H27ClN2O5S/c1-11(2)16(21-18(23)26-12(3)4)17(22)20-13(5)10-27(24,25)15-8-6-14(19)7-9-15/h6-9,11-13,16H,10H2,1-5H3,(H,20,22)(H,21,23). The monoisotopic (exact) mass is 418 g/mol. The highest BCUT2D eigenvalue weighted by Gasteiger charge is 2.27. The van der Waals surface area contributed by atoms with Gasteiger partial charge in [0.05, 0.1) is 16.8 Å². The molecule has 152 valence electrons. The Morgan fingerprint density at radius 2 is 1.59 bits per heavy atom. The van der Waals surface area contributed by atoms with E-state index in [1.807, 2.05) is 0 Å². The Morgan fingerprint density at radius 1 is 1.04 bits per heavy atom. The molecular formula is C18H27ClN2O5S. The first kappa shape index (κ1) is 23.2. The topological polar surface area (TPSA) is 102 Å². The number of nitrogens with one attached hydrogen (secondary N) is 2. The number of benzene rings is 1. The molecule has 27 heavy (non-hydrogen) atoms. The minimum Gasteiger partial charge on any atom is -0.447 e. The van der Waals surface area contributed by atoms with Gasteiger partial charge >= 0.3 is 6.09 Å². The number of ether oxygens (including phenoxy) is 1. The molecule has 1 aromatic carbocycles. The van der Waals surface area contributed by atoms with E-state index in [1.165, 1.54) is 24.3 Å². The van der Waals surface area contributed by atoms with Crippen molar-refractivity contribution in [3.63, 3.8) is 0 Å². The van der Waals surface area contributed by atoms with Crippen molar-refractivity contribution in [3.8, 4) is 0 Å². The van der Waals surface area contributed by atoms with Crippen molar-refractivity contribution in [2.24, 2.45) is 5.92 Å². The molecule has 1 rings (SSSR count). The van der Waals surface area contributed by atoms with Gasteiger partial charge in [0.15, 0.2) is 9.84 Å². The Balaban J connectivity index is 2.75. The largest absolute Gasteiger partial charge is 0.447 e. The third kappa shape index (κ3) is 7.76. The molecule has 1 aromatic rings. The van der Waals surface area contributed by atoms with Crippen molar-refractivity contribution in [2.45, 2.75) is 57.7 Å². The number of sulfone groups is 1. The van der Waals surface area contributed by atoms with Crippen molar-refractivity contribution in [1.82, 2.24) is 10.6 Å². The molecule has 0 spiro atoms. The zero-order chi connectivity index (χ0) is 20.8. The molecule has 0 heterocycles. The number of hydrogen-bond acceptors (Lipinski definition) is 5. The van der Waals surface area contributed by atoms with E-state index in [4.69, 9.17) is 16.3 Å². The Kier molecular flexibility index (Phi) is 8.56. The number of carbonyl (C=O) groups excluding carboxylic acids is 2. The molecule has 0 aliphatic heterocycles. The summed E-state index contributed by atoms with van der Waals surface area (Å²) in [6.07, 6.45) is -1.01. The summed E-state index contributed by atoms with van der Waals surface area (Å²) in [7, 11) is -3.59. The highest BCUT2D eigenvalue weighted by Crippen LogP contribution is 2.16. The SMILES string of the molecule is CC(CS(=O)(=O)c1ccc(Cl)cc1)NC(=O)C(NC(=O)OC(C)C)C(C)C. The second-order valence-electron chi connectivity index (χ2n) is 6.97. The fraction of sp³-hybridized carbons (Fsp3) is 0.556. The lowest BCUT2D eigenvalue weighted by molar-refractivity contribution is -0.124. The summed E-state index contributed by atoms with van der Waals surface area (Å²) in [6, 6.07) is 4.35. The van der Waals surface area contributed by atoms with Gasteiger partial charge in [0.1, 0.15) is 6.04 Å². The van der Waals surface area contributed by atoms with Crippen LogP contribution in [-0.4, -0.2) is 44.4 Å². The van der Waals surface area contributed by atoms with E-state index in [1.54, 1.807) is 34.6 Å². The normalized spacial score (nSPS) is 13.9. The van der Waals surface area contributed by atoms with E-state index in [9.17, 15) is 18.0 Å². The van der Waals surface area contributed by atoms with Crippen LogP contribution in [0.4, 0.5) is 4.79 Å². The van der Waals surface area contributed by atoms with Crippen LogP contribution >= 0.6 is 11.6 Å². The van der Waals surface area contributed by atoms with Gasteiger partial charge in [-0.25, -0.2) is 13.2 Å². The maximum absolute atomic E-state index is 12.5. The van der Waals surface area contributed by atoms with Crippen molar-refractivity contribution in [2.75, 3.05) is 5.75 Å². The smallest absolute Gasteiger partial charge is 0.408 e. The number of amides is 2. The molecule has 0 aliphatic carbocycles. The van der Waals surface area contributed by atoms with E-state index in [0.29, 0.717) is 5.02 Å². The number of carbonyl (C=O) groups is 2. The molecule has 0 aliphatic rings. The molecule has 0 aromatic heterocycles. The molecule has 2 N–H and O–H groups in total. The average molecular weight is 419 g/mol. The predicted molar refractivity (Wildman–Crippen MR) is 104 cm³/mol. The van der Waals surface area contributed by atoms with E-state index >= 15 is 0 Å². The summed E-state index contributed by atoms with van der Waals surface area (Å²) in [5, 5.41) is 5.60. The highest BCUT2D eigenvalue weighted by molar-refractivity contribution is 7.91. The molecule has 7 nitrogen and oxygen atoms in total. The van der Waals surface area contributed by atoms with Crippen molar-refractivity contribution in [3.05, 3.63) is 29.3 Å². The summed E-state index contributed by atoms with van der Waals surface area (Å²) < 4.78 is 29.9. The van der Waals surface area contributed by atoms with Crippen LogP contribution in [0, 0.1) is 5.92 Å². The summed E-state index contributed by atoms with van der Waals surface area (Å²) in [4.78, 5) is 24.4. The van der Waals surface area contributed by atoms with Crippen LogP contribution in [0.5, 0.6) is 0 Å². The lowest BCUT2D eigenvalue weighted by Crippen LogP contribution is -2.52. The first-order chi connectivity index (χ1) is 12.4. The van der Waals surface area contributed by atoms with Gasteiger partial charge in [0, 0.05) is 11.1 Å². The number of rotatable bonds is 8. The molecule has 2 amide bonds. The van der Waals surface area contributed by atoms with Crippen molar-refractivity contribution in [1.29, 1.82) is 0 Å². The Hall–Kier alpha value is -1.80. The Bertz CT molecular complexity index is 748. The minimum absolute atomic E-state index is 0.132. The van der Waals surface area contributed by atoms with Crippen molar-refractivity contribution < 1.29 is 22.7 Å². The third-order valence-electron chi connectivity index (χ3n) is 3.60. The second kappa shape index (κ2) is 9.94. The van der Waals surface area contributed by atoms with Crippen LogP contribution in [0.15, 0.2) is 29.2 Å². The van der Waals surface area contributed by atoms with Crippen molar-refractivity contribution >= 4 is 33.4 Å². The maximum atomic E-state index is 12.5. The number of alkyl carbamates (subject to hydrolysis) is 1. The van der Waals surface area contributed by atoms with Gasteiger partial charge in [-0.3, -0.25) is 4.79 Å². The zero-order valence-corrected chi connectivity index (χ0v) is 17.7. The van der Waals surface area contributed by atoms with Gasteiger partial charge in [0.2, 0.25) is 5.91 Å². The second-order valence-corrected chi connectivity index (χ2v) is 9.44. The van der Waals surface area contributed by atoms with Crippen LogP contribution in [0.25, 0.3) is 0 Å². The summed E-state index contributed by atoms with van der Waals surface area (Å²) in [5.74, 6) is -0.948. The molecule has 2 unspecified atom stereocenters. The van der Waals surface area contributed by atoms with Crippen LogP contribution < -0.4 is 10.6 Å². The summed E-state index contributed by atoms with van der Waals surface area (Å²) >= 11 is 5.78. The van der Waals surface area contributed by atoms with Gasteiger partial charge in [0.25, 0.3) is 0 Å². The first-order valence-corrected chi connectivity index (χ1v) is 10.7. The fourth-order valence-electron chi connectivity index (χ4n) is 2.35. The van der Waals surface area contributed by atoms with Crippen LogP contribution in [0.2, 0.25) is 5.02 Å². The first-order valence-electron chi connectivity index (χ1n) is 8.68. The van der Waals surface area contributed by atoms with Crippen LogP contribution in [-0.2, 0) is 19.4 Å². The van der Waals surface area contributed by atoms with Gasteiger partial charge in [-0.15, -0.1) is 0 Å². The number of hydrogen-bond donors (Lipinski definition) is 2. The van der Waals surface area contributed by atoms with Crippen LogP contribution in [0.3, 0.4) is 0 Å². The quantitative estimate of drug-likeness (QED) is 0.675. The molecule has 0 fully saturated rings. The van der Waals surface area contributed by atoms with Gasteiger partial charge in [-0.1, -0.05) is 25.4 Å². The van der Waals surface area contributed by atoms with E-state index in [0.717, 1.165) is 0 Å². The molecular weight excluding hydrogens is 392 g/mol. The molecule has 0 radical (unpaired) electrons. The van der Waals surface area contributed by atoms with E-state index < -0.39 is 33.9 Å². The average Bonchev–Trinajstić information content (AvgIpc) is 2.51. The Labute approximate surface area is 165 Å². The number of halogens is 1. The predicted octanol–water partition coefficient (Wildman–Crippen LogP) is 2.78. The summed E-state index contributed by atoms with van der Waals surface area (Å²) in [5.41, 5.74) is 0. The fourth-order valence-corrected chi connectivity index (χ4v) is 3.96. The third-order valence-corrected chi connectivity index (χ3v) is 5.78. The maximum Gasteiger partial charge on any atom is 0.408 e. The highest BCUT2D eigenvalue weighted by atomic mass is 35.5. The van der Waals surface area contributed by atoms with E-state index in [-0.39, 0.29) is 22.7 Å². The molecule has 9 heteroatoms. The lowest BCUT2D eigenvalue weighted by Gasteiger charge is -2.24.